The van der Waals surface area contributed by atoms with E-state index in [0.29, 0.717) is 23.9 Å². The lowest BCUT2D eigenvalue weighted by Crippen LogP contribution is -2.47. The van der Waals surface area contributed by atoms with Crippen molar-refractivity contribution in [2.24, 2.45) is 0 Å². The Bertz CT molecular complexity index is 1820. The van der Waals surface area contributed by atoms with E-state index in [1.165, 1.54) is 141 Å². The first-order chi connectivity index (χ1) is 41.4. The lowest BCUT2D eigenvalue weighted by molar-refractivity contribution is -0.870. The third-order valence-electron chi connectivity index (χ3n) is 15.2. The second kappa shape index (κ2) is 63.7. The summed E-state index contributed by atoms with van der Waals surface area (Å²) in [4.78, 5) is 40.2. The van der Waals surface area contributed by atoms with Gasteiger partial charge in [-0.3, -0.25) is 14.2 Å². The molecule has 0 fully saturated rings. The Balaban J connectivity index is 5.16. The maximum absolute atomic E-state index is 13.6. The van der Waals surface area contributed by atoms with Gasteiger partial charge in [0.1, 0.15) is 19.3 Å². The Morgan fingerprint density at radius 3 is 1.15 bits per heavy atom. The molecule has 0 aromatic rings. The summed E-state index contributed by atoms with van der Waals surface area (Å²) in [6, 6.07) is -0.905. The highest BCUT2D eigenvalue weighted by atomic mass is 31.2. The van der Waals surface area contributed by atoms with Gasteiger partial charge in [-0.25, -0.2) is 0 Å². The number of amides is 1. The van der Waals surface area contributed by atoms with Crippen LogP contribution < -0.4 is 10.2 Å². The number of phosphoric acid groups is 1. The Hall–Kier alpha value is -3.33. The van der Waals surface area contributed by atoms with Crippen LogP contribution in [0.25, 0.3) is 0 Å². The molecule has 490 valence electrons. The standard InChI is InChI=1S/C75H133N2O7P/c1-7-10-13-16-19-22-25-28-30-32-34-36-37-38-39-41-42-44-46-49-52-55-58-61-64-67-74(78)76-72(71-83-85(80,81)82-70-69-77(4,5)6)73(66-63-60-57-54-51-48-27-24-21-18-15-12-9-3)84-75(79)68-65-62-59-56-53-50-47-45-43-40-35-33-31-29-26-23-20-17-14-11-8-2/h11,14,19-20,22-23,28-31,34-36,40,45,47,63,66,72-73H,7-10,12-13,15-18,21,24-27,32-33,37-39,41-44,46,48-62,64-65,67-71H2,1-6H3,(H-,76,78,80,81)/b14-11-,22-19-,23-20-,30-28-,31-29-,36-34-,40-35-,47-45-,66-63-. The van der Waals surface area contributed by atoms with Gasteiger partial charge in [-0.15, -0.1) is 0 Å². The molecule has 0 rings (SSSR count). The van der Waals surface area contributed by atoms with E-state index >= 15 is 0 Å². The van der Waals surface area contributed by atoms with Gasteiger partial charge in [0.15, 0.2) is 0 Å². The molecule has 1 N–H and O–H groups in total. The number of nitrogens with zero attached hydrogens (tertiary/aromatic N) is 1. The SMILES string of the molecule is CC/C=C\C/C=C\C/C=C\C/C=C\C/C=C\CCCCCCCC(=O)OC(/C=C\CCCCCCCCCCCCC)C(COP(=O)([O-])OCC[N+](C)(C)C)NC(=O)CCCCCCCCCCCCCC/C=C\C/C=C\C/C=C\CCCCC. The second-order valence-electron chi connectivity index (χ2n) is 24.6. The molecule has 0 radical (unpaired) electrons. The molecule has 0 heterocycles. The summed E-state index contributed by atoms with van der Waals surface area (Å²) in [5.41, 5.74) is 0. The predicted octanol–water partition coefficient (Wildman–Crippen LogP) is 21.8. The number of allylic oxidation sites excluding steroid dienone is 17. The van der Waals surface area contributed by atoms with E-state index in [1.54, 1.807) is 0 Å². The largest absolute Gasteiger partial charge is 0.756 e. The third-order valence-corrected chi connectivity index (χ3v) is 16.2. The van der Waals surface area contributed by atoms with Crippen molar-refractivity contribution in [3.05, 3.63) is 109 Å². The number of rotatable bonds is 63. The number of hydrogen-bond acceptors (Lipinski definition) is 7. The smallest absolute Gasteiger partial charge is 0.306 e. The van der Waals surface area contributed by atoms with Gasteiger partial charge in [0.05, 0.1) is 33.8 Å². The molecule has 3 atom stereocenters. The Kier molecular flexibility index (Phi) is 61.2. The van der Waals surface area contributed by atoms with E-state index < -0.39 is 26.6 Å². The van der Waals surface area contributed by atoms with Crippen LogP contribution in [0, 0.1) is 0 Å². The van der Waals surface area contributed by atoms with Gasteiger partial charge in [0, 0.05) is 12.8 Å². The summed E-state index contributed by atoms with van der Waals surface area (Å²) in [5, 5.41) is 3.04. The number of phosphoric ester groups is 1. The first kappa shape index (κ1) is 81.7. The van der Waals surface area contributed by atoms with Crippen molar-refractivity contribution in [1.82, 2.24) is 5.32 Å². The first-order valence-corrected chi connectivity index (χ1v) is 36.7. The van der Waals surface area contributed by atoms with Crippen LogP contribution in [0.4, 0.5) is 0 Å². The van der Waals surface area contributed by atoms with Crippen LogP contribution in [0.3, 0.4) is 0 Å². The average molecular weight is 1210 g/mol. The molecule has 0 bridgehead atoms. The van der Waals surface area contributed by atoms with E-state index in [4.69, 9.17) is 13.8 Å². The number of carbonyl (C=O) groups is 2. The highest BCUT2D eigenvalue weighted by Gasteiger charge is 2.27. The number of carbonyl (C=O) groups excluding carboxylic acids is 2. The molecule has 0 spiro atoms. The number of ether oxygens (including phenoxy) is 1. The van der Waals surface area contributed by atoms with Crippen LogP contribution in [0.1, 0.15) is 303 Å². The third kappa shape index (κ3) is 65.0. The van der Waals surface area contributed by atoms with Crippen molar-refractivity contribution in [3.63, 3.8) is 0 Å². The molecule has 0 aromatic heterocycles. The van der Waals surface area contributed by atoms with Gasteiger partial charge in [-0.05, 0) is 115 Å². The summed E-state index contributed by atoms with van der Waals surface area (Å²) in [5.74, 6) is -0.564. The lowest BCUT2D eigenvalue weighted by Gasteiger charge is -2.30. The summed E-state index contributed by atoms with van der Waals surface area (Å²) in [7, 11) is 1.16. The fourth-order valence-electron chi connectivity index (χ4n) is 9.79. The summed E-state index contributed by atoms with van der Waals surface area (Å²) >= 11 is 0. The molecule has 0 aliphatic rings. The molecule has 0 aromatic carbocycles. The quantitative estimate of drug-likeness (QED) is 0.0212. The van der Waals surface area contributed by atoms with E-state index in [9.17, 15) is 19.0 Å². The molecule has 3 unspecified atom stereocenters. The molecule has 0 aliphatic heterocycles. The fourth-order valence-corrected chi connectivity index (χ4v) is 10.5. The van der Waals surface area contributed by atoms with Crippen molar-refractivity contribution in [3.8, 4) is 0 Å². The van der Waals surface area contributed by atoms with Gasteiger partial charge in [-0.2, -0.15) is 0 Å². The molecule has 85 heavy (non-hydrogen) atoms. The fraction of sp³-hybridized carbons (Fsp3) is 0.733. The summed E-state index contributed by atoms with van der Waals surface area (Å²) < 4.78 is 30.4. The molecule has 9 nitrogen and oxygen atoms in total. The van der Waals surface area contributed by atoms with Crippen molar-refractivity contribution < 1.29 is 37.3 Å². The lowest BCUT2D eigenvalue weighted by atomic mass is 10.0. The Morgan fingerprint density at radius 2 is 0.753 bits per heavy atom. The van der Waals surface area contributed by atoms with Gasteiger partial charge >= 0.3 is 5.97 Å². The number of likely N-dealkylation sites (N-methyl/N-ethyl adjacent to an activating group) is 1. The Labute approximate surface area is 525 Å². The molecular weight excluding hydrogens is 1070 g/mol. The zero-order valence-electron chi connectivity index (χ0n) is 56.0. The maximum Gasteiger partial charge on any atom is 0.306 e. The van der Waals surface area contributed by atoms with Crippen LogP contribution in [0.5, 0.6) is 0 Å². The number of esters is 1. The van der Waals surface area contributed by atoms with E-state index in [1.807, 2.05) is 33.3 Å². The monoisotopic (exact) mass is 1200 g/mol. The van der Waals surface area contributed by atoms with Crippen molar-refractivity contribution in [1.29, 1.82) is 0 Å². The van der Waals surface area contributed by atoms with Gasteiger partial charge < -0.3 is 28.5 Å². The van der Waals surface area contributed by atoms with Crippen molar-refractivity contribution >= 4 is 19.7 Å². The maximum atomic E-state index is 13.6. The van der Waals surface area contributed by atoms with Crippen LogP contribution in [0.15, 0.2) is 109 Å². The molecule has 10 heteroatoms. The van der Waals surface area contributed by atoms with Crippen LogP contribution >= 0.6 is 7.82 Å². The number of unbranched alkanes of at least 4 members (excludes halogenated alkanes) is 31. The predicted molar refractivity (Wildman–Crippen MR) is 367 cm³/mol. The highest BCUT2D eigenvalue weighted by molar-refractivity contribution is 7.45. The summed E-state index contributed by atoms with van der Waals surface area (Å²) in [6.07, 6.45) is 87.7. The van der Waals surface area contributed by atoms with Gasteiger partial charge in [0.25, 0.3) is 7.82 Å². The topological polar surface area (TPSA) is 114 Å². The molecule has 1 amide bonds. The molecular formula is C75H133N2O7P. The number of quaternary nitrogens is 1. The molecule has 0 aliphatic carbocycles. The minimum absolute atomic E-state index is 0.0306. The highest BCUT2D eigenvalue weighted by Crippen LogP contribution is 2.38. The minimum Gasteiger partial charge on any atom is -0.756 e. The van der Waals surface area contributed by atoms with Crippen molar-refractivity contribution in [2.75, 3.05) is 40.9 Å². The average Bonchev–Trinajstić information content (AvgIpc) is 3.48. The number of hydrogen-bond donors (Lipinski definition) is 1. The van der Waals surface area contributed by atoms with E-state index in [-0.39, 0.29) is 24.9 Å². The zero-order chi connectivity index (χ0) is 62.1. The Morgan fingerprint density at radius 1 is 0.424 bits per heavy atom. The van der Waals surface area contributed by atoms with E-state index in [0.717, 1.165) is 122 Å². The van der Waals surface area contributed by atoms with Crippen LogP contribution in [0.2, 0.25) is 0 Å². The first-order valence-electron chi connectivity index (χ1n) is 35.2. The van der Waals surface area contributed by atoms with Crippen LogP contribution in [-0.4, -0.2) is 69.4 Å². The zero-order valence-corrected chi connectivity index (χ0v) is 56.9. The summed E-state index contributed by atoms with van der Waals surface area (Å²) in [6.45, 7) is 6.71. The normalized spacial score (nSPS) is 14.2. The molecule has 0 saturated carbocycles. The van der Waals surface area contributed by atoms with Crippen LogP contribution in [-0.2, 0) is 27.9 Å². The minimum atomic E-state index is -4.72. The van der Waals surface area contributed by atoms with E-state index in [2.05, 4.69) is 123 Å². The van der Waals surface area contributed by atoms with Crippen molar-refractivity contribution in [2.45, 2.75) is 315 Å². The van der Waals surface area contributed by atoms with Gasteiger partial charge in [0.2, 0.25) is 5.91 Å². The van der Waals surface area contributed by atoms with Gasteiger partial charge in [-0.1, -0.05) is 285 Å². The molecule has 0 saturated heterocycles. The number of nitrogens with one attached hydrogen (secondary N) is 1. The second-order valence-corrected chi connectivity index (χ2v) is 26.1.